The number of hydrogen-bond donors (Lipinski definition) is 2. The monoisotopic (exact) mass is 318 g/mol. The van der Waals surface area contributed by atoms with Crippen molar-refractivity contribution in [1.82, 2.24) is 0 Å². The van der Waals surface area contributed by atoms with Gasteiger partial charge < -0.3 is 15.4 Å². The van der Waals surface area contributed by atoms with Gasteiger partial charge >= 0.3 is 0 Å². The Morgan fingerprint density at radius 3 is 2.68 bits per heavy atom. The van der Waals surface area contributed by atoms with Crippen LogP contribution in [0.2, 0.25) is 5.02 Å². The fourth-order valence-corrected chi connectivity index (χ4v) is 2.09. The average molecular weight is 319 g/mol. The van der Waals surface area contributed by atoms with E-state index < -0.39 is 0 Å². The second kappa shape index (κ2) is 7.71. The van der Waals surface area contributed by atoms with Gasteiger partial charge in [-0.1, -0.05) is 29.8 Å². The van der Waals surface area contributed by atoms with Crippen LogP contribution in [0.25, 0.3) is 0 Å². The molecule has 2 N–H and O–H groups in total. The fraction of sp³-hybridized carbons (Fsp3) is 0.235. The zero-order valence-electron chi connectivity index (χ0n) is 12.6. The maximum absolute atomic E-state index is 12.0. The molecule has 2 aromatic rings. The first-order valence-electron chi connectivity index (χ1n) is 7.09. The van der Waals surface area contributed by atoms with Gasteiger partial charge in [0.1, 0.15) is 5.75 Å². The van der Waals surface area contributed by atoms with Gasteiger partial charge in [-0.15, -0.1) is 0 Å². The summed E-state index contributed by atoms with van der Waals surface area (Å²) in [5.41, 5.74) is 1.46. The first kappa shape index (κ1) is 16.2. The van der Waals surface area contributed by atoms with E-state index in [-0.39, 0.29) is 18.6 Å². The predicted molar refractivity (Wildman–Crippen MR) is 90.8 cm³/mol. The number of para-hydroxylation sites is 2. The number of hydrogen-bond acceptors (Lipinski definition) is 3. The molecule has 22 heavy (non-hydrogen) atoms. The van der Waals surface area contributed by atoms with Crippen LogP contribution in [0.15, 0.2) is 48.5 Å². The fourth-order valence-electron chi connectivity index (χ4n) is 1.90. The largest absolute Gasteiger partial charge is 0.489 e. The van der Waals surface area contributed by atoms with Gasteiger partial charge in [-0.05, 0) is 44.2 Å². The summed E-state index contributed by atoms with van der Waals surface area (Å²) in [6.07, 6.45) is 0.0441. The summed E-state index contributed by atoms with van der Waals surface area (Å²) in [5.74, 6) is 0.508. The highest BCUT2D eigenvalue weighted by atomic mass is 35.5. The van der Waals surface area contributed by atoms with E-state index in [1.54, 1.807) is 12.1 Å². The van der Waals surface area contributed by atoms with Crippen LogP contribution in [0.1, 0.15) is 13.8 Å². The smallest absolute Gasteiger partial charge is 0.243 e. The molecule has 116 valence electrons. The Labute approximate surface area is 135 Å². The highest BCUT2D eigenvalue weighted by Gasteiger charge is 2.08. The van der Waals surface area contributed by atoms with Crippen LogP contribution >= 0.6 is 11.6 Å². The molecule has 0 saturated carbocycles. The molecule has 0 aliphatic heterocycles. The van der Waals surface area contributed by atoms with Crippen LogP contribution in [0, 0.1) is 0 Å². The van der Waals surface area contributed by atoms with E-state index in [4.69, 9.17) is 16.3 Å². The Hall–Kier alpha value is -2.20. The van der Waals surface area contributed by atoms with Gasteiger partial charge in [-0.2, -0.15) is 0 Å². The zero-order valence-corrected chi connectivity index (χ0v) is 13.4. The summed E-state index contributed by atoms with van der Waals surface area (Å²) in [4.78, 5) is 12.0. The first-order chi connectivity index (χ1) is 10.5. The number of carbonyl (C=O) groups excluding carboxylic acids is 1. The molecule has 0 saturated heterocycles. The van der Waals surface area contributed by atoms with Crippen LogP contribution in [0.4, 0.5) is 11.4 Å². The molecule has 0 atom stereocenters. The van der Waals surface area contributed by atoms with Gasteiger partial charge in [0.2, 0.25) is 5.91 Å². The van der Waals surface area contributed by atoms with Gasteiger partial charge in [-0.25, -0.2) is 0 Å². The standard InChI is InChI=1S/C17H19ClN2O2/c1-12(2)22-16-9-4-3-8-15(16)20-17(21)11-19-14-7-5-6-13(18)10-14/h3-10,12,19H,11H2,1-2H3,(H,20,21). The molecule has 0 radical (unpaired) electrons. The molecule has 2 aromatic carbocycles. The quantitative estimate of drug-likeness (QED) is 0.840. The average Bonchev–Trinajstić information content (AvgIpc) is 2.47. The number of halogens is 1. The molecular weight excluding hydrogens is 300 g/mol. The minimum absolute atomic E-state index is 0.0441. The summed E-state index contributed by atoms with van der Waals surface area (Å²) in [6, 6.07) is 14.6. The number of carbonyl (C=O) groups is 1. The van der Waals surface area contributed by atoms with Gasteiger partial charge in [0.25, 0.3) is 0 Å². The van der Waals surface area contributed by atoms with Crippen LogP contribution in [-0.2, 0) is 4.79 Å². The Kier molecular flexibility index (Phi) is 5.67. The number of anilines is 2. The molecule has 0 fully saturated rings. The summed E-state index contributed by atoms with van der Waals surface area (Å²) in [6.45, 7) is 4.04. The van der Waals surface area contributed by atoms with E-state index >= 15 is 0 Å². The lowest BCUT2D eigenvalue weighted by Gasteiger charge is -2.15. The van der Waals surface area contributed by atoms with Gasteiger partial charge in [0, 0.05) is 10.7 Å². The van der Waals surface area contributed by atoms with Crippen molar-refractivity contribution >= 4 is 28.9 Å². The molecule has 0 aromatic heterocycles. The predicted octanol–water partition coefficient (Wildman–Crippen LogP) is 4.18. The number of amides is 1. The molecule has 0 aliphatic carbocycles. The van der Waals surface area contributed by atoms with E-state index in [0.29, 0.717) is 16.5 Å². The molecule has 5 heteroatoms. The maximum atomic E-state index is 12.0. The lowest BCUT2D eigenvalue weighted by Crippen LogP contribution is -2.22. The van der Waals surface area contributed by atoms with Crippen LogP contribution < -0.4 is 15.4 Å². The normalized spacial score (nSPS) is 10.4. The van der Waals surface area contributed by atoms with Crippen molar-refractivity contribution in [3.05, 3.63) is 53.6 Å². The molecule has 2 rings (SSSR count). The van der Waals surface area contributed by atoms with Gasteiger partial charge in [-0.3, -0.25) is 4.79 Å². The minimum atomic E-state index is -0.153. The third-order valence-electron chi connectivity index (χ3n) is 2.80. The van der Waals surface area contributed by atoms with Crippen molar-refractivity contribution < 1.29 is 9.53 Å². The Morgan fingerprint density at radius 1 is 1.18 bits per heavy atom. The van der Waals surface area contributed by atoms with E-state index in [1.165, 1.54) is 0 Å². The van der Waals surface area contributed by atoms with Crippen molar-refractivity contribution in [1.29, 1.82) is 0 Å². The molecule has 4 nitrogen and oxygen atoms in total. The van der Waals surface area contributed by atoms with Crippen molar-refractivity contribution in [2.45, 2.75) is 20.0 Å². The zero-order chi connectivity index (χ0) is 15.9. The topological polar surface area (TPSA) is 50.4 Å². The molecular formula is C17H19ClN2O2. The molecule has 0 heterocycles. The molecule has 0 spiro atoms. The van der Waals surface area contributed by atoms with E-state index in [2.05, 4.69) is 10.6 Å². The molecule has 0 aliphatic rings. The van der Waals surface area contributed by atoms with Crippen molar-refractivity contribution in [2.24, 2.45) is 0 Å². The van der Waals surface area contributed by atoms with Crippen LogP contribution in [0.3, 0.4) is 0 Å². The van der Waals surface area contributed by atoms with Crippen LogP contribution in [0.5, 0.6) is 5.75 Å². The Balaban J connectivity index is 1.95. The van der Waals surface area contributed by atoms with Gasteiger partial charge in [0.05, 0.1) is 18.3 Å². The van der Waals surface area contributed by atoms with E-state index in [0.717, 1.165) is 5.69 Å². The van der Waals surface area contributed by atoms with E-state index in [1.807, 2.05) is 50.2 Å². The number of ether oxygens (including phenoxy) is 1. The Bertz CT molecular complexity index is 644. The highest BCUT2D eigenvalue weighted by molar-refractivity contribution is 6.30. The molecule has 0 unspecified atom stereocenters. The van der Waals surface area contributed by atoms with Crippen molar-refractivity contribution in [2.75, 3.05) is 17.2 Å². The lowest BCUT2D eigenvalue weighted by atomic mass is 10.2. The van der Waals surface area contributed by atoms with Crippen LogP contribution in [-0.4, -0.2) is 18.6 Å². The van der Waals surface area contributed by atoms with Gasteiger partial charge in [0.15, 0.2) is 0 Å². The third kappa shape index (κ3) is 4.97. The summed E-state index contributed by atoms with van der Waals surface area (Å²) in [7, 11) is 0. The maximum Gasteiger partial charge on any atom is 0.243 e. The third-order valence-corrected chi connectivity index (χ3v) is 3.04. The number of rotatable bonds is 6. The van der Waals surface area contributed by atoms with Crippen molar-refractivity contribution in [3.63, 3.8) is 0 Å². The van der Waals surface area contributed by atoms with Crippen molar-refractivity contribution in [3.8, 4) is 5.75 Å². The van der Waals surface area contributed by atoms with E-state index in [9.17, 15) is 4.79 Å². The Morgan fingerprint density at radius 2 is 1.95 bits per heavy atom. The second-order valence-corrected chi connectivity index (χ2v) is 5.51. The second-order valence-electron chi connectivity index (χ2n) is 5.07. The first-order valence-corrected chi connectivity index (χ1v) is 7.47. The summed E-state index contributed by atoms with van der Waals surface area (Å²) >= 11 is 5.90. The molecule has 1 amide bonds. The highest BCUT2D eigenvalue weighted by Crippen LogP contribution is 2.24. The molecule has 0 bridgehead atoms. The minimum Gasteiger partial charge on any atom is -0.489 e. The number of benzene rings is 2. The number of nitrogens with one attached hydrogen (secondary N) is 2. The summed E-state index contributed by atoms with van der Waals surface area (Å²) < 4.78 is 5.67. The summed E-state index contributed by atoms with van der Waals surface area (Å²) in [5, 5.41) is 6.50. The SMILES string of the molecule is CC(C)Oc1ccccc1NC(=O)CNc1cccc(Cl)c1. The lowest BCUT2D eigenvalue weighted by molar-refractivity contribution is -0.114.